The molecule has 2 N–H and O–H groups in total. The lowest BCUT2D eigenvalue weighted by molar-refractivity contribution is -0.0520. The summed E-state index contributed by atoms with van der Waals surface area (Å²) in [6.45, 7) is -1.72. The maximum atomic E-state index is 13.9. The normalized spacial score (nSPS) is 20.5. The van der Waals surface area contributed by atoms with Gasteiger partial charge < -0.3 is 15.4 Å². The molecule has 0 bridgehead atoms. The second kappa shape index (κ2) is 9.55. The number of ether oxygens (including phenoxy) is 1. The van der Waals surface area contributed by atoms with Gasteiger partial charge in [-0.25, -0.2) is 13.2 Å². The zero-order valence-corrected chi connectivity index (χ0v) is 16.2. The lowest BCUT2D eigenvalue weighted by Crippen LogP contribution is -2.46. The Hall–Kier alpha value is -2.49. The van der Waals surface area contributed by atoms with Gasteiger partial charge in [-0.1, -0.05) is 0 Å². The van der Waals surface area contributed by atoms with Gasteiger partial charge in [0.05, 0.1) is 17.1 Å². The third kappa shape index (κ3) is 5.56. The fourth-order valence-corrected chi connectivity index (χ4v) is 3.56. The van der Waals surface area contributed by atoms with Crippen molar-refractivity contribution in [2.45, 2.75) is 63.8 Å². The monoisotopic (exact) mass is 431 g/mol. The lowest BCUT2D eigenvalue weighted by Gasteiger charge is -2.31. The topological polar surface area (TPSA) is 63.2 Å². The highest BCUT2D eigenvalue weighted by atomic mass is 19.3. The van der Waals surface area contributed by atoms with E-state index in [2.05, 4.69) is 20.4 Å². The molecule has 1 aromatic heterocycles. The van der Waals surface area contributed by atoms with Crippen molar-refractivity contribution in [2.24, 2.45) is 0 Å². The van der Waals surface area contributed by atoms with Crippen molar-refractivity contribution >= 4 is 16.8 Å². The van der Waals surface area contributed by atoms with Crippen LogP contribution in [-0.2, 0) is 0 Å². The molecule has 2 aromatic rings. The summed E-state index contributed by atoms with van der Waals surface area (Å²) in [7, 11) is 0. The Balaban J connectivity index is 1.60. The average Bonchev–Trinajstić information content (AvgIpc) is 2.69. The Morgan fingerprint density at radius 1 is 1.10 bits per heavy atom. The highest BCUT2D eigenvalue weighted by Crippen LogP contribution is 2.26. The number of hydrogen-bond donors (Lipinski definition) is 2. The molecule has 1 saturated carbocycles. The molecule has 30 heavy (non-hydrogen) atoms. The molecule has 0 saturated heterocycles. The number of rotatable bonds is 7. The van der Waals surface area contributed by atoms with Crippen LogP contribution in [0.5, 0.6) is 5.75 Å². The van der Waals surface area contributed by atoms with E-state index >= 15 is 0 Å². The van der Waals surface area contributed by atoms with Gasteiger partial charge >= 0.3 is 6.61 Å². The predicted octanol–water partition coefficient (Wildman–Crippen LogP) is 4.26. The molecule has 1 fully saturated rings. The number of carbonyl (C=O) groups is 1. The van der Waals surface area contributed by atoms with Crippen molar-refractivity contribution in [3.8, 4) is 5.75 Å². The third-order valence-electron chi connectivity index (χ3n) is 5.15. The van der Waals surface area contributed by atoms with Crippen molar-refractivity contribution in [1.29, 1.82) is 0 Å². The van der Waals surface area contributed by atoms with Crippen LogP contribution in [0.25, 0.3) is 10.9 Å². The maximum absolute atomic E-state index is 13.9. The molecule has 1 unspecified atom stereocenters. The van der Waals surface area contributed by atoms with Crippen LogP contribution in [0.4, 0.5) is 22.0 Å². The summed E-state index contributed by atoms with van der Waals surface area (Å²) >= 11 is 0. The molecule has 0 aliphatic heterocycles. The van der Waals surface area contributed by atoms with Crippen LogP contribution in [0.3, 0.4) is 0 Å². The van der Waals surface area contributed by atoms with Crippen molar-refractivity contribution in [3.63, 3.8) is 0 Å². The number of pyridine rings is 1. The van der Waals surface area contributed by atoms with E-state index in [1.54, 1.807) is 0 Å². The zero-order valence-electron chi connectivity index (χ0n) is 16.2. The van der Waals surface area contributed by atoms with Crippen LogP contribution >= 0.6 is 0 Å². The molecule has 1 amide bonds. The fraction of sp³-hybridized carbons (Fsp3) is 0.500. The minimum Gasteiger partial charge on any atom is -0.432 e. The largest absolute Gasteiger partial charge is 0.432 e. The van der Waals surface area contributed by atoms with Crippen molar-refractivity contribution in [3.05, 3.63) is 35.8 Å². The van der Waals surface area contributed by atoms with Gasteiger partial charge in [0.1, 0.15) is 0 Å². The van der Waals surface area contributed by atoms with Gasteiger partial charge in [-0.05, 0) is 44.7 Å². The van der Waals surface area contributed by atoms with Gasteiger partial charge in [0.2, 0.25) is 0 Å². The molecule has 5 nitrogen and oxygen atoms in total. The number of nitrogens with one attached hydrogen (secondary N) is 2. The minimum absolute atomic E-state index is 0.0166. The highest BCUT2D eigenvalue weighted by molar-refractivity contribution is 5.97. The standard InChI is InChI=1S/C20H22F5N3O2/c1-10(18(22)23)27-13-2-4-14(5-3-13)28-19(29)12-6-11-7-15(21)17(30-20(24)25)8-16(11)26-9-12/h6-10,13-14,18,20,27H,2-5H2,1H3,(H,28,29)/t10?,13-,14-. The van der Waals surface area contributed by atoms with Gasteiger partial charge in [0.15, 0.2) is 11.6 Å². The number of aromatic nitrogens is 1. The number of fused-ring (bicyclic) bond motifs is 1. The van der Waals surface area contributed by atoms with Crippen LogP contribution in [-0.4, -0.2) is 42.1 Å². The highest BCUT2D eigenvalue weighted by Gasteiger charge is 2.26. The summed E-state index contributed by atoms with van der Waals surface area (Å²) in [5.74, 6) is -1.99. The summed E-state index contributed by atoms with van der Waals surface area (Å²) in [6.07, 6.45) is 1.46. The molecular formula is C20H22F5N3O2. The summed E-state index contributed by atoms with van der Waals surface area (Å²) in [6, 6.07) is 2.45. The minimum atomic E-state index is -3.16. The van der Waals surface area contributed by atoms with Gasteiger partial charge in [-0.15, -0.1) is 0 Å². The molecule has 0 radical (unpaired) electrons. The second-order valence-electron chi connectivity index (χ2n) is 7.39. The number of alkyl halides is 4. The lowest BCUT2D eigenvalue weighted by atomic mass is 9.90. The number of hydrogen-bond acceptors (Lipinski definition) is 4. The first-order chi connectivity index (χ1) is 14.2. The van der Waals surface area contributed by atoms with Crippen LogP contribution < -0.4 is 15.4 Å². The fourth-order valence-electron chi connectivity index (χ4n) is 3.56. The molecular weight excluding hydrogens is 409 g/mol. The zero-order chi connectivity index (χ0) is 21.8. The van der Waals surface area contributed by atoms with Gasteiger partial charge in [-0.2, -0.15) is 8.78 Å². The molecule has 3 rings (SSSR count). The number of halogens is 5. The molecule has 1 aliphatic rings. The first kappa shape index (κ1) is 22.2. The predicted molar refractivity (Wildman–Crippen MR) is 100 cm³/mol. The molecule has 1 atom stereocenters. The molecule has 164 valence electrons. The van der Waals surface area contributed by atoms with Crippen LogP contribution in [0.15, 0.2) is 24.4 Å². The quantitative estimate of drug-likeness (QED) is 0.643. The summed E-state index contributed by atoms with van der Waals surface area (Å²) < 4.78 is 67.9. The summed E-state index contributed by atoms with van der Waals surface area (Å²) in [5, 5.41) is 6.05. The summed E-state index contributed by atoms with van der Waals surface area (Å²) in [5.41, 5.74) is 0.416. The van der Waals surface area contributed by atoms with E-state index in [4.69, 9.17) is 0 Å². The Labute approximate surface area is 170 Å². The Kier molecular flexibility index (Phi) is 7.06. The van der Waals surface area contributed by atoms with E-state index in [-0.39, 0.29) is 28.6 Å². The van der Waals surface area contributed by atoms with Gasteiger partial charge in [-0.3, -0.25) is 9.78 Å². The van der Waals surface area contributed by atoms with E-state index in [1.165, 1.54) is 19.2 Å². The van der Waals surface area contributed by atoms with E-state index in [9.17, 15) is 26.7 Å². The van der Waals surface area contributed by atoms with E-state index < -0.39 is 36.6 Å². The molecule has 0 spiro atoms. The molecule has 10 heteroatoms. The SMILES string of the molecule is CC(N[C@H]1CC[C@H](NC(=O)c2cnc3cc(OC(F)F)c(F)cc3c2)CC1)C(F)F. The smallest absolute Gasteiger partial charge is 0.387 e. The van der Waals surface area contributed by atoms with Crippen LogP contribution in [0.1, 0.15) is 43.0 Å². The number of nitrogens with zero attached hydrogens (tertiary/aromatic N) is 1. The van der Waals surface area contributed by atoms with Gasteiger partial charge in [0, 0.05) is 29.7 Å². The van der Waals surface area contributed by atoms with E-state index in [0.717, 1.165) is 12.1 Å². The Bertz CT molecular complexity index is 888. The first-order valence-electron chi connectivity index (χ1n) is 9.62. The third-order valence-corrected chi connectivity index (χ3v) is 5.15. The average molecular weight is 431 g/mol. The number of carbonyl (C=O) groups excluding carboxylic acids is 1. The van der Waals surface area contributed by atoms with Crippen molar-refractivity contribution in [1.82, 2.24) is 15.6 Å². The summed E-state index contributed by atoms with van der Waals surface area (Å²) in [4.78, 5) is 16.6. The Morgan fingerprint density at radius 2 is 1.77 bits per heavy atom. The van der Waals surface area contributed by atoms with Crippen molar-refractivity contribution in [2.75, 3.05) is 0 Å². The molecule has 1 heterocycles. The second-order valence-corrected chi connectivity index (χ2v) is 7.39. The number of benzene rings is 1. The number of amides is 1. The van der Waals surface area contributed by atoms with E-state index in [0.29, 0.717) is 25.7 Å². The first-order valence-corrected chi connectivity index (χ1v) is 9.62. The van der Waals surface area contributed by atoms with Crippen LogP contribution in [0, 0.1) is 5.82 Å². The van der Waals surface area contributed by atoms with Crippen molar-refractivity contribution < 1.29 is 31.5 Å². The Morgan fingerprint density at radius 3 is 2.40 bits per heavy atom. The molecule has 1 aromatic carbocycles. The van der Waals surface area contributed by atoms with E-state index in [1.807, 2.05) is 0 Å². The van der Waals surface area contributed by atoms with Crippen LogP contribution in [0.2, 0.25) is 0 Å². The molecule has 1 aliphatic carbocycles. The maximum Gasteiger partial charge on any atom is 0.387 e. The van der Waals surface area contributed by atoms with Gasteiger partial charge in [0.25, 0.3) is 12.3 Å².